The molecule has 4 heteroatoms. The van der Waals surface area contributed by atoms with Crippen LogP contribution in [0.3, 0.4) is 0 Å². The lowest BCUT2D eigenvalue weighted by molar-refractivity contribution is 0.137. The molecule has 0 aromatic carbocycles. The van der Waals surface area contributed by atoms with Crippen molar-refractivity contribution in [1.82, 2.24) is 0 Å². The molecule has 0 aromatic heterocycles. The van der Waals surface area contributed by atoms with Crippen LogP contribution in [0.1, 0.15) is 13.8 Å². The molecule has 0 saturated carbocycles. The molecular formula is C4H10O4. The molecule has 0 radical (unpaired) electrons. The molecule has 0 rings (SSSR count). The summed E-state index contributed by atoms with van der Waals surface area (Å²) in [6.45, 7) is 3.44. The summed E-state index contributed by atoms with van der Waals surface area (Å²) in [5.41, 5.74) is 0. The molecule has 4 nitrogen and oxygen atoms in total. The summed E-state index contributed by atoms with van der Waals surface area (Å²) < 4.78 is 0. The third-order valence-corrected chi connectivity index (χ3v) is 0. The standard InChI is InChI=1S/C3H8O.CH2O3/c1-3(2)4;2-1(3)4/h3-4H,1-2H3;(H2,2,3,4). The lowest BCUT2D eigenvalue weighted by Crippen LogP contribution is -1.85. The minimum Gasteiger partial charge on any atom is -0.450 e. The maximum atomic E-state index is 8.56. The van der Waals surface area contributed by atoms with E-state index in [4.69, 9.17) is 20.1 Å². The molecule has 0 amide bonds. The second kappa shape index (κ2) is 6.23. The van der Waals surface area contributed by atoms with Gasteiger partial charge in [0.15, 0.2) is 0 Å². The fourth-order valence-electron chi connectivity index (χ4n) is 0. The Morgan fingerprint density at radius 3 is 1.38 bits per heavy atom. The van der Waals surface area contributed by atoms with Gasteiger partial charge in [-0.15, -0.1) is 0 Å². The maximum absolute atomic E-state index is 8.56. The summed E-state index contributed by atoms with van der Waals surface area (Å²) in [5.74, 6) is 0. The highest BCUT2D eigenvalue weighted by atomic mass is 16.6. The number of aliphatic hydroxyl groups is 1. The highest BCUT2D eigenvalue weighted by Crippen LogP contribution is 1.65. The van der Waals surface area contributed by atoms with E-state index in [0.29, 0.717) is 0 Å². The van der Waals surface area contributed by atoms with Crippen molar-refractivity contribution in [2.24, 2.45) is 0 Å². The van der Waals surface area contributed by atoms with Crippen molar-refractivity contribution in [3.8, 4) is 0 Å². The van der Waals surface area contributed by atoms with Gasteiger partial charge in [0.25, 0.3) is 0 Å². The highest BCUT2D eigenvalue weighted by molar-refractivity contribution is 5.53. The minimum absolute atomic E-state index is 0.167. The van der Waals surface area contributed by atoms with Crippen LogP contribution in [0.4, 0.5) is 4.79 Å². The van der Waals surface area contributed by atoms with Crippen molar-refractivity contribution in [3.63, 3.8) is 0 Å². The van der Waals surface area contributed by atoms with Gasteiger partial charge in [-0.2, -0.15) is 0 Å². The number of hydrogen-bond acceptors (Lipinski definition) is 2. The number of hydrogen-bond donors (Lipinski definition) is 3. The molecule has 0 aliphatic heterocycles. The Morgan fingerprint density at radius 2 is 1.38 bits per heavy atom. The Morgan fingerprint density at radius 1 is 1.38 bits per heavy atom. The van der Waals surface area contributed by atoms with Crippen LogP contribution in [0.15, 0.2) is 0 Å². The van der Waals surface area contributed by atoms with Crippen molar-refractivity contribution < 1.29 is 20.1 Å². The minimum atomic E-state index is -1.83. The zero-order chi connectivity index (χ0) is 7.15. The van der Waals surface area contributed by atoms with Gasteiger partial charge < -0.3 is 15.3 Å². The summed E-state index contributed by atoms with van der Waals surface area (Å²) in [6, 6.07) is 0. The maximum Gasteiger partial charge on any atom is 0.503 e. The normalized spacial score (nSPS) is 7.50. The number of aliphatic hydroxyl groups excluding tert-OH is 1. The van der Waals surface area contributed by atoms with E-state index in [1.165, 1.54) is 0 Å². The number of carboxylic acid groups (broad SMARTS) is 2. The highest BCUT2D eigenvalue weighted by Gasteiger charge is 1.70. The first-order chi connectivity index (χ1) is 3.46. The molecule has 0 aliphatic carbocycles. The van der Waals surface area contributed by atoms with Crippen LogP contribution in [0.25, 0.3) is 0 Å². The molecule has 3 N–H and O–H groups in total. The fourth-order valence-corrected chi connectivity index (χ4v) is 0. The SMILES string of the molecule is CC(C)O.O=C(O)O. The summed E-state index contributed by atoms with van der Waals surface area (Å²) in [6.07, 6.45) is -2.00. The Bertz CT molecular complexity index is 52.3. The Balaban J connectivity index is 0. The molecule has 0 fully saturated rings. The second-order valence-corrected chi connectivity index (χ2v) is 1.38. The van der Waals surface area contributed by atoms with E-state index in [1.807, 2.05) is 0 Å². The average Bonchev–Trinajstić information content (AvgIpc) is 1.25. The first-order valence-corrected chi connectivity index (χ1v) is 2.06. The van der Waals surface area contributed by atoms with Crippen LogP contribution in [0.5, 0.6) is 0 Å². The lowest BCUT2D eigenvalue weighted by Gasteiger charge is -1.80. The van der Waals surface area contributed by atoms with Gasteiger partial charge in [0, 0.05) is 6.10 Å². The van der Waals surface area contributed by atoms with E-state index in [9.17, 15) is 0 Å². The Kier molecular flexibility index (Phi) is 7.99. The third kappa shape index (κ3) is 158. The third-order valence-electron chi connectivity index (χ3n) is 0. The van der Waals surface area contributed by atoms with Gasteiger partial charge in [-0.05, 0) is 13.8 Å². The van der Waals surface area contributed by atoms with Gasteiger partial charge in [0.2, 0.25) is 0 Å². The quantitative estimate of drug-likeness (QED) is 0.440. The molecule has 8 heavy (non-hydrogen) atoms. The summed E-state index contributed by atoms with van der Waals surface area (Å²) in [4.78, 5) is 8.56. The van der Waals surface area contributed by atoms with Crippen molar-refractivity contribution in [1.29, 1.82) is 0 Å². The molecule has 0 heterocycles. The van der Waals surface area contributed by atoms with Gasteiger partial charge >= 0.3 is 6.16 Å². The zero-order valence-corrected chi connectivity index (χ0v) is 4.83. The molecule has 0 unspecified atom stereocenters. The summed E-state index contributed by atoms with van der Waals surface area (Å²) in [5, 5.41) is 22.0. The van der Waals surface area contributed by atoms with Crippen molar-refractivity contribution in [3.05, 3.63) is 0 Å². The molecule has 0 spiro atoms. The first kappa shape index (κ1) is 10.3. The van der Waals surface area contributed by atoms with E-state index in [-0.39, 0.29) is 6.10 Å². The van der Waals surface area contributed by atoms with Gasteiger partial charge in [0.1, 0.15) is 0 Å². The predicted octanol–water partition coefficient (Wildman–Crippen LogP) is 0.609. The summed E-state index contributed by atoms with van der Waals surface area (Å²) >= 11 is 0. The molecular weight excluding hydrogens is 112 g/mol. The van der Waals surface area contributed by atoms with Crippen LogP contribution in [-0.2, 0) is 0 Å². The van der Waals surface area contributed by atoms with E-state index in [1.54, 1.807) is 13.8 Å². The van der Waals surface area contributed by atoms with E-state index in [0.717, 1.165) is 0 Å². The van der Waals surface area contributed by atoms with Gasteiger partial charge in [-0.1, -0.05) is 0 Å². The lowest BCUT2D eigenvalue weighted by atomic mass is 10.5. The zero-order valence-electron chi connectivity index (χ0n) is 4.83. The largest absolute Gasteiger partial charge is 0.503 e. The second-order valence-electron chi connectivity index (χ2n) is 1.38. The topological polar surface area (TPSA) is 77.8 Å². The van der Waals surface area contributed by atoms with E-state index < -0.39 is 6.16 Å². The number of carbonyl (C=O) groups is 1. The van der Waals surface area contributed by atoms with Crippen LogP contribution in [-0.4, -0.2) is 27.6 Å². The van der Waals surface area contributed by atoms with Crippen molar-refractivity contribution >= 4 is 6.16 Å². The van der Waals surface area contributed by atoms with Crippen LogP contribution in [0, 0.1) is 0 Å². The monoisotopic (exact) mass is 122 g/mol. The van der Waals surface area contributed by atoms with Crippen molar-refractivity contribution in [2.75, 3.05) is 0 Å². The molecule has 0 aromatic rings. The van der Waals surface area contributed by atoms with Gasteiger partial charge in [-0.25, -0.2) is 4.79 Å². The number of rotatable bonds is 0. The molecule has 0 bridgehead atoms. The molecule has 0 atom stereocenters. The summed E-state index contributed by atoms with van der Waals surface area (Å²) in [7, 11) is 0. The average molecular weight is 122 g/mol. The first-order valence-electron chi connectivity index (χ1n) is 2.06. The molecule has 0 saturated heterocycles. The Labute approximate surface area is 47.4 Å². The van der Waals surface area contributed by atoms with Gasteiger partial charge in [-0.3, -0.25) is 0 Å². The van der Waals surface area contributed by atoms with Crippen LogP contribution < -0.4 is 0 Å². The van der Waals surface area contributed by atoms with Crippen LogP contribution >= 0.6 is 0 Å². The van der Waals surface area contributed by atoms with Crippen molar-refractivity contribution in [2.45, 2.75) is 20.0 Å². The predicted molar refractivity (Wildman–Crippen MR) is 28.0 cm³/mol. The van der Waals surface area contributed by atoms with Crippen LogP contribution in [0.2, 0.25) is 0 Å². The van der Waals surface area contributed by atoms with E-state index >= 15 is 0 Å². The Hall–Kier alpha value is -0.770. The van der Waals surface area contributed by atoms with Gasteiger partial charge in [0.05, 0.1) is 0 Å². The van der Waals surface area contributed by atoms with E-state index in [2.05, 4.69) is 0 Å². The molecule has 0 aliphatic rings. The molecule has 50 valence electrons. The smallest absolute Gasteiger partial charge is 0.450 e. The fraction of sp³-hybridized carbons (Fsp3) is 0.750.